The average molecular weight is 422 g/mol. The molecule has 2 N–H and O–H groups in total. The van der Waals surface area contributed by atoms with Gasteiger partial charge in [0.05, 0.1) is 7.11 Å². The summed E-state index contributed by atoms with van der Waals surface area (Å²) in [7, 11) is 1.62. The van der Waals surface area contributed by atoms with E-state index in [-0.39, 0.29) is 17.9 Å². The van der Waals surface area contributed by atoms with Crippen molar-refractivity contribution in [3.05, 3.63) is 71.2 Å². The van der Waals surface area contributed by atoms with Crippen LogP contribution in [0.25, 0.3) is 10.6 Å². The molecular formula is C23H23N3O3S. The third-order valence-corrected chi connectivity index (χ3v) is 5.79. The lowest BCUT2D eigenvalue weighted by molar-refractivity contribution is -0.123. The lowest BCUT2D eigenvalue weighted by atomic mass is 10.0. The van der Waals surface area contributed by atoms with Crippen molar-refractivity contribution in [1.29, 1.82) is 0 Å². The van der Waals surface area contributed by atoms with E-state index in [1.165, 1.54) is 11.3 Å². The van der Waals surface area contributed by atoms with Gasteiger partial charge in [0.2, 0.25) is 5.91 Å². The standard InChI is InChI=1S/C23H23N3O3S/c1-29-18-11-7-16(8-12-18)23-26-20(14-30-23)22(28)25-19(21(27)24-17-9-10-17)13-15-5-3-2-4-6-15/h2-8,11-12,14,17,19H,9-10,13H2,1H3,(H,24,27)(H,25,28). The van der Waals surface area contributed by atoms with Crippen LogP contribution in [0, 0.1) is 0 Å². The number of carbonyl (C=O) groups is 2. The SMILES string of the molecule is COc1ccc(-c2nc(C(=O)NC(Cc3ccccc3)C(=O)NC3CC3)cs2)cc1. The molecule has 7 heteroatoms. The molecule has 1 unspecified atom stereocenters. The molecule has 0 radical (unpaired) electrons. The number of aromatic nitrogens is 1. The van der Waals surface area contributed by atoms with Gasteiger partial charge in [-0.15, -0.1) is 11.3 Å². The van der Waals surface area contributed by atoms with Crippen LogP contribution in [0.4, 0.5) is 0 Å². The van der Waals surface area contributed by atoms with Gasteiger partial charge in [-0.1, -0.05) is 30.3 Å². The van der Waals surface area contributed by atoms with Crippen molar-refractivity contribution >= 4 is 23.2 Å². The summed E-state index contributed by atoms with van der Waals surface area (Å²) >= 11 is 1.39. The van der Waals surface area contributed by atoms with Crippen LogP contribution in [-0.4, -0.2) is 36.0 Å². The largest absolute Gasteiger partial charge is 0.497 e. The molecular weight excluding hydrogens is 398 g/mol. The van der Waals surface area contributed by atoms with Crippen molar-refractivity contribution in [3.63, 3.8) is 0 Å². The van der Waals surface area contributed by atoms with Crippen molar-refractivity contribution in [2.24, 2.45) is 0 Å². The number of amides is 2. The molecule has 1 fully saturated rings. The molecule has 154 valence electrons. The van der Waals surface area contributed by atoms with Crippen LogP contribution >= 0.6 is 11.3 Å². The number of ether oxygens (including phenoxy) is 1. The highest BCUT2D eigenvalue weighted by atomic mass is 32.1. The zero-order valence-corrected chi connectivity index (χ0v) is 17.4. The van der Waals surface area contributed by atoms with E-state index in [4.69, 9.17) is 4.74 Å². The topological polar surface area (TPSA) is 80.3 Å². The normalized spacial score (nSPS) is 14.0. The summed E-state index contributed by atoms with van der Waals surface area (Å²) in [6.07, 6.45) is 2.42. The molecule has 0 saturated heterocycles. The first-order valence-electron chi connectivity index (χ1n) is 9.87. The van der Waals surface area contributed by atoms with Gasteiger partial charge in [-0.2, -0.15) is 0 Å². The maximum Gasteiger partial charge on any atom is 0.271 e. The van der Waals surface area contributed by atoms with Gasteiger partial charge in [0.25, 0.3) is 5.91 Å². The summed E-state index contributed by atoms with van der Waals surface area (Å²) in [5.74, 6) is 0.261. The molecule has 1 atom stereocenters. The Bertz CT molecular complexity index is 1010. The Labute approximate surface area is 179 Å². The molecule has 1 heterocycles. The van der Waals surface area contributed by atoms with E-state index in [9.17, 15) is 9.59 Å². The van der Waals surface area contributed by atoms with Gasteiger partial charge < -0.3 is 15.4 Å². The number of hydrogen-bond acceptors (Lipinski definition) is 5. The summed E-state index contributed by atoms with van der Waals surface area (Å²) in [6.45, 7) is 0. The number of carbonyl (C=O) groups excluding carboxylic acids is 2. The minimum Gasteiger partial charge on any atom is -0.497 e. The van der Waals surface area contributed by atoms with Crippen LogP contribution in [-0.2, 0) is 11.2 Å². The highest BCUT2D eigenvalue weighted by Gasteiger charge is 2.29. The van der Waals surface area contributed by atoms with Gasteiger partial charge in [-0.3, -0.25) is 9.59 Å². The molecule has 0 aliphatic heterocycles. The average Bonchev–Trinajstić information content (AvgIpc) is 3.45. The minimum atomic E-state index is -0.647. The predicted octanol–water partition coefficient (Wildman–Crippen LogP) is 3.44. The molecule has 30 heavy (non-hydrogen) atoms. The number of thiazole rings is 1. The van der Waals surface area contributed by atoms with Crippen LogP contribution in [0.15, 0.2) is 60.0 Å². The van der Waals surface area contributed by atoms with E-state index in [1.807, 2.05) is 54.6 Å². The van der Waals surface area contributed by atoms with E-state index in [0.717, 1.165) is 34.7 Å². The van der Waals surface area contributed by atoms with Crippen LogP contribution in [0.1, 0.15) is 28.9 Å². The molecule has 2 aromatic carbocycles. The Morgan fingerprint density at radius 3 is 2.53 bits per heavy atom. The van der Waals surface area contributed by atoms with Crippen molar-refractivity contribution in [2.45, 2.75) is 31.3 Å². The molecule has 1 aromatic heterocycles. The van der Waals surface area contributed by atoms with Gasteiger partial charge in [0.15, 0.2) is 0 Å². The first-order valence-corrected chi connectivity index (χ1v) is 10.8. The zero-order valence-electron chi connectivity index (χ0n) is 16.6. The monoisotopic (exact) mass is 421 g/mol. The lowest BCUT2D eigenvalue weighted by Crippen LogP contribution is -2.48. The van der Waals surface area contributed by atoms with E-state index < -0.39 is 6.04 Å². The summed E-state index contributed by atoms with van der Waals surface area (Å²) in [4.78, 5) is 30.0. The molecule has 1 aliphatic rings. The second-order valence-corrected chi connectivity index (χ2v) is 8.12. The van der Waals surface area contributed by atoms with Gasteiger partial charge in [0, 0.05) is 23.4 Å². The number of nitrogens with one attached hydrogen (secondary N) is 2. The number of nitrogens with zero attached hydrogens (tertiary/aromatic N) is 1. The van der Waals surface area contributed by atoms with Crippen molar-refractivity contribution in [3.8, 4) is 16.3 Å². The van der Waals surface area contributed by atoms with E-state index >= 15 is 0 Å². The molecule has 4 rings (SSSR count). The van der Waals surface area contributed by atoms with Crippen molar-refractivity contribution < 1.29 is 14.3 Å². The highest BCUT2D eigenvalue weighted by Crippen LogP contribution is 2.26. The van der Waals surface area contributed by atoms with Crippen LogP contribution in [0.5, 0.6) is 5.75 Å². The van der Waals surface area contributed by atoms with Crippen LogP contribution < -0.4 is 15.4 Å². The molecule has 1 aliphatic carbocycles. The number of rotatable bonds is 8. The molecule has 0 spiro atoms. The summed E-state index contributed by atoms with van der Waals surface area (Å²) in [5.41, 5.74) is 2.21. The molecule has 0 bridgehead atoms. The second-order valence-electron chi connectivity index (χ2n) is 7.27. The van der Waals surface area contributed by atoms with Crippen molar-refractivity contribution in [1.82, 2.24) is 15.6 Å². The first kappa shape index (κ1) is 20.1. The number of hydrogen-bond donors (Lipinski definition) is 2. The summed E-state index contributed by atoms with van der Waals surface area (Å²) in [6, 6.07) is 16.8. The summed E-state index contributed by atoms with van der Waals surface area (Å²) in [5, 5.41) is 8.32. The second kappa shape index (κ2) is 9.09. The molecule has 3 aromatic rings. The van der Waals surface area contributed by atoms with Gasteiger partial charge in [-0.05, 0) is 42.7 Å². The zero-order chi connectivity index (χ0) is 20.9. The molecule has 1 saturated carbocycles. The number of methoxy groups -OCH3 is 1. The quantitative estimate of drug-likeness (QED) is 0.584. The smallest absolute Gasteiger partial charge is 0.271 e. The highest BCUT2D eigenvalue weighted by molar-refractivity contribution is 7.13. The molecule has 2 amide bonds. The minimum absolute atomic E-state index is 0.152. The van der Waals surface area contributed by atoms with E-state index in [1.54, 1.807) is 12.5 Å². The predicted molar refractivity (Wildman–Crippen MR) is 117 cm³/mol. The van der Waals surface area contributed by atoms with Gasteiger partial charge in [-0.25, -0.2) is 4.98 Å². The molecule has 6 nitrogen and oxygen atoms in total. The summed E-state index contributed by atoms with van der Waals surface area (Å²) < 4.78 is 5.18. The van der Waals surface area contributed by atoms with Crippen molar-refractivity contribution in [2.75, 3.05) is 7.11 Å². The Balaban J connectivity index is 1.47. The maximum absolute atomic E-state index is 12.8. The van der Waals surface area contributed by atoms with E-state index in [0.29, 0.717) is 12.1 Å². The Hall–Kier alpha value is -3.19. The van der Waals surface area contributed by atoms with E-state index in [2.05, 4.69) is 15.6 Å². The fraction of sp³-hybridized carbons (Fsp3) is 0.261. The Morgan fingerprint density at radius 2 is 1.87 bits per heavy atom. The Morgan fingerprint density at radius 1 is 1.13 bits per heavy atom. The third kappa shape index (κ3) is 5.04. The van der Waals surface area contributed by atoms with Gasteiger partial charge in [0.1, 0.15) is 22.5 Å². The van der Waals surface area contributed by atoms with Crippen LogP contribution in [0.2, 0.25) is 0 Å². The lowest BCUT2D eigenvalue weighted by Gasteiger charge is -2.18. The third-order valence-electron chi connectivity index (χ3n) is 4.90. The number of benzene rings is 2. The first-order chi connectivity index (χ1) is 14.6. The Kier molecular flexibility index (Phi) is 6.09. The van der Waals surface area contributed by atoms with Crippen LogP contribution in [0.3, 0.4) is 0 Å². The van der Waals surface area contributed by atoms with Gasteiger partial charge >= 0.3 is 0 Å². The maximum atomic E-state index is 12.8. The fourth-order valence-electron chi connectivity index (χ4n) is 3.06. The fourth-order valence-corrected chi connectivity index (χ4v) is 3.87.